The Morgan fingerprint density at radius 1 is 1.62 bits per heavy atom. The van der Waals surface area contributed by atoms with Crippen LogP contribution in [0, 0.1) is 0 Å². The van der Waals surface area contributed by atoms with Crippen LogP contribution in [0.2, 0.25) is 0 Å². The van der Waals surface area contributed by atoms with Gasteiger partial charge in [-0.05, 0) is 13.3 Å². The molecule has 0 bridgehead atoms. The molecule has 0 aromatic carbocycles. The molecule has 1 heterocycles. The Hall–Kier alpha value is -0.610. The summed E-state index contributed by atoms with van der Waals surface area (Å²) in [5, 5.41) is 3.58. The molecule has 0 saturated carbocycles. The molecule has 0 aliphatic heterocycles. The van der Waals surface area contributed by atoms with Gasteiger partial charge in [0.15, 0.2) is 5.82 Å². The van der Waals surface area contributed by atoms with Crippen LogP contribution < -0.4 is 0 Å². The minimum absolute atomic E-state index is 0.179. The first-order valence-corrected chi connectivity index (χ1v) is 4.63. The van der Waals surface area contributed by atoms with Gasteiger partial charge in [-0.15, -0.1) is 11.6 Å². The molecule has 0 aliphatic rings. The van der Waals surface area contributed by atoms with Crippen LogP contribution in [0.3, 0.4) is 0 Å². The second-order valence-electron chi connectivity index (χ2n) is 2.74. The molecular weight excluding hydrogens is 192 g/mol. The predicted octanol–water partition coefficient (Wildman–Crippen LogP) is 2.47. The minimum atomic E-state index is -0.179. The molecule has 13 heavy (non-hydrogen) atoms. The molecule has 0 fully saturated rings. The standard InChI is InChI=1S/C8H13ClN2O2/c1-4-6(9)7-10-8(13-11-7)5(2)12-3/h5-6H,4H2,1-3H3. The highest BCUT2D eigenvalue weighted by atomic mass is 35.5. The Kier molecular flexibility index (Phi) is 3.69. The van der Waals surface area contributed by atoms with Crippen LogP contribution in [0.4, 0.5) is 0 Å². The molecule has 0 N–H and O–H groups in total. The average molecular weight is 205 g/mol. The Morgan fingerprint density at radius 3 is 2.85 bits per heavy atom. The zero-order valence-electron chi connectivity index (χ0n) is 7.95. The summed E-state index contributed by atoms with van der Waals surface area (Å²) >= 11 is 5.93. The molecule has 0 aliphatic carbocycles. The maximum absolute atomic E-state index is 5.93. The number of hydrogen-bond donors (Lipinski definition) is 0. The van der Waals surface area contributed by atoms with Crippen molar-refractivity contribution in [1.82, 2.24) is 10.1 Å². The van der Waals surface area contributed by atoms with E-state index in [1.165, 1.54) is 0 Å². The molecule has 0 spiro atoms. The van der Waals surface area contributed by atoms with E-state index < -0.39 is 0 Å². The highest BCUT2D eigenvalue weighted by molar-refractivity contribution is 6.20. The van der Waals surface area contributed by atoms with Gasteiger partial charge in [-0.2, -0.15) is 4.98 Å². The lowest BCUT2D eigenvalue weighted by Crippen LogP contribution is -1.97. The maximum atomic E-state index is 5.93. The van der Waals surface area contributed by atoms with Crippen LogP contribution >= 0.6 is 11.6 Å². The molecule has 4 nitrogen and oxygen atoms in total. The Morgan fingerprint density at radius 2 is 2.31 bits per heavy atom. The lowest BCUT2D eigenvalue weighted by Gasteiger charge is -2.01. The van der Waals surface area contributed by atoms with E-state index in [1.807, 2.05) is 13.8 Å². The number of methoxy groups -OCH3 is 1. The molecule has 2 unspecified atom stereocenters. The van der Waals surface area contributed by atoms with Gasteiger partial charge in [0.2, 0.25) is 0 Å². The van der Waals surface area contributed by atoms with Crippen molar-refractivity contribution < 1.29 is 9.26 Å². The summed E-state index contributed by atoms with van der Waals surface area (Å²) in [6.45, 7) is 3.81. The maximum Gasteiger partial charge on any atom is 0.255 e. The van der Waals surface area contributed by atoms with Crippen molar-refractivity contribution in [3.63, 3.8) is 0 Å². The normalized spacial score (nSPS) is 15.7. The van der Waals surface area contributed by atoms with Crippen LogP contribution in [-0.4, -0.2) is 17.3 Å². The molecule has 0 amide bonds. The number of alkyl halides is 1. The van der Waals surface area contributed by atoms with E-state index in [2.05, 4.69) is 10.1 Å². The first kappa shape index (κ1) is 10.5. The number of nitrogens with zero attached hydrogens (tertiary/aromatic N) is 2. The lowest BCUT2D eigenvalue weighted by atomic mass is 10.3. The Balaban J connectivity index is 2.74. The first-order valence-electron chi connectivity index (χ1n) is 4.19. The summed E-state index contributed by atoms with van der Waals surface area (Å²) in [6.07, 6.45) is 0.601. The molecule has 1 rings (SSSR count). The van der Waals surface area contributed by atoms with Crippen LogP contribution in [0.1, 0.15) is 43.5 Å². The van der Waals surface area contributed by atoms with Crippen LogP contribution in [0.5, 0.6) is 0 Å². The van der Waals surface area contributed by atoms with E-state index in [9.17, 15) is 0 Å². The van der Waals surface area contributed by atoms with Gasteiger partial charge in [0.25, 0.3) is 5.89 Å². The molecule has 0 saturated heterocycles. The van der Waals surface area contributed by atoms with Gasteiger partial charge in [0.1, 0.15) is 6.10 Å². The van der Waals surface area contributed by atoms with Gasteiger partial charge in [-0.3, -0.25) is 0 Å². The summed E-state index contributed by atoms with van der Waals surface area (Å²) < 4.78 is 9.99. The van der Waals surface area contributed by atoms with E-state index >= 15 is 0 Å². The molecule has 5 heteroatoms. The smallest absolute Gasteiger partial charge is 0.255 e. The van der Waals surface area contributed by atoms with Crippen molar-refractivity contribution in [3.05, 3.63) is 11.7 Å². The molecular formula is C8H13ClN2O2. The van der Waals surface area contributed by atoms with Crippen LogP contribution in [0.15, 0.2) is 4.52 Å². The topological polar surface area (TPSA) is 48.2 Å². The van der Waals surface area contributed by atoms with Gasteiger partial charge in [0.05, 0.1) is 5.38 Å². The number of hydrogen-bond acceptors (Lipinski definition) is 4. The van der Waals surface area contributed by atoms with Gasteiger partial charge in [-0.25, -0.2) is 0 Å². The van der Waals surface area contributed by atoms with Crippen molar-refractivity contribution in [3.8, 4) is 0 Å². The highest BCUT2D eigenvalue weighted by Gasteiger charge is 2.17. The summed E-state index contributed by atoms with van der Waals surface area (Å²) in [6, 6.07) is 0. The highest BCUT2D eigenvalue weighted by Crippen LogP contribution is 2.22. The zero-order chi connectivity index (χ0) is 9.84. The molecule has 74 valence electrons. The summed E-state index contributed by atoms with van der Waals surface area (Å²) in [5.74, 6) is 1.000. The average Bonchev–Trinajstić information content (AvgIpc) is 2.64. The van der Waals surface area contributed by atoms with E-state index in [1.54, 1.807) is 7.11 Å². The third-order valence-electron chi connectivity index (χ3n) is 1.80. The third-order valence-corrected chi connectivity index (χ3v) is 2.30. The molecule has 1 aromatic heterocycles. The molecule has 0 radical (unpaired) electrons. The minimum Gasteiger partial charge on any atom is -0.372 e. The fourth-order valence-electron chi connectivity index (χ4n) is 0.823. The van der Waals surface area contributed by atoms with E-state index in [0.29, 0.717) is 11.7 Å². The number of rotatable bonds is 4. The van der Waals surface area contributed by atoms with Crippen molar-refractivity contribution in [2.24, 2.45) is 0 Å². The second kappa shape index (κ2) is 4.58. The van der Waals surface area contributed by atoms with Gasteiger partial charge in [-0.1, -0.05) is 12.1 Å². The Labute approximate surface area is 82.2 Å². The van der Waals surface area contributed by atoms with Crippen LogP contribution in [0.25, 0.3) is 0 Å². The van der Waals surface area contributed by atoms with Crippen LogP contribution in [-0.2, 0) is 4.74 Å². The van der Waals surface area contributed by atoms with Gasteiger partial charge in [0, 0.05) is 7.11 Å². The van der Waals surface area contributed by atoms with E-state index in [-0.39, 0.29) is 11.5 Å². The first-order chi connectivity index (χ1) is 6.19. The van der Waals surface area contributed by atoms with Crippen molar-refractivity contribution in [2.45, 2.75) is 31.7 Å². The number of aromatic nitrogens is 2. The summed E-state index contributed by atoms with van der Waals surface area (Å²) in [4.78, 5) is 4.12. The van der Waals surface area contributed by atoms with Crippen molar-refractivity contribution >= 4 is 11.6 Å². The van der Waals surface area contributed by atoms with E-state index in [0.717, 1.165) is 6.42 Å². The molecule has 1 aromatic rings. The monoisotopic (exact) mass is 204 g/mol. The SMILES string of the molecule is CCC(Cl)c1noc(C(C)OC)n1. The summed E-state index contributed by atoms with van der Waals surface area (Å²) in [7, 11) is 1.59. The van der Waals surface area contributed by atoms with Crippen molar-refractivity contribution in [2.75, 3.05) is 7.11 Å². The zero-order valence-corrected chi connectivity index (χ0v) is 8.71. The quantitative estimate of drug-likeness (QED) is 0.707. The molecule has 2 atom stereocenters. The van der Waals surface area contributed by atoms with Crippen molar-refractivity contribution in [1.29, 1.82) is 0 Å². The fourth-order valence-corrected chi connectivity index (χ4v) is 0.912. The number of halogens is 1. The fraction of sp³-hybridized carbons (Fsp3) is 0.750. The lowest BCUT2D eigenvalue weighted by molar-refractivity contribution is 0.0886. The van der Waals surface area contributed by atoms with E-state index in [4.69, 9.17) is 20.9 Å². The predicted molar refractivity (Wildman–Crippen MR) is 48.6 cm³/mol. The summed E-state index contributed by atoms with van der Waals surface area (Å²) in [5.41, 5.74) is 0. The van der Waals surface area contributed by atoms with Gasteiger partial charge >= 0.3 is 0 Å². The second-order valence-corrected chi connectivity index (χ2v) is 3.27. The Bertz CT molecular complexity index is 240. The largest absolute Gasteiger partial charge is 0.372 e. The number of ether oxygens (including phenoxy) is 1. The third kappa shape index (κ3) is 2.42. The van der Waals surface area contributed by atoms with Gasteiger partial charge < -0.3 is 9.26 Å².